The van der Waals surface area contributed by atoms with Crippen LogP contribution in [0.4, 0.5) is 13.2 Å². The van der Waals surface area contributed by atoms with Gasteiger partial charge in [0.2, 0.25) is 0 Å². The van der Waals surface area contributed by atoms with Gasteiger partial charge < -0.3 is 4.74 Å². The van der Waals surface area contributed by atoms with Gasteiger partial charge in [-0.15, -0.1) is 0 Å². The van der Waals surface area contributed by atoms with Gasteiger partial charge in [0, 0.05) is 18.3 Å². The van der Waals surface area contributed by atoms with E-state index < -0.39 is 29.6 Å². The molecular weight excluding hydrogens is 251 g/mol. The van der Waals surface area contributed by atoms with Crippen molar-refractivity contribution in [2.24, 2.45) is 0 Å². The normalized spacial score (nSPS) is 17.7. The highest BCUT2D eigenvalue weighted by Crippen LogP contribution is 2.38. The highest BCUT2D eigenvalue weighted by Gasteiger charge is 2.38. The summed E-state index contributed by atoms with van der Waals surface area (Å²) >= 11 is 0. The lowest BCUT2D eigenvalue weighted by atomic mass is 9.89. The van der Waals surface area contributed by atoms with Crippen molar-refractivity contribution in [1.29, 1.82) is 0 Å². The zero-order chi connectivity index (χ0) is 13.3. The van der Waals surface area contributed by atoms with Gasteiger partial charge in [0.25, 0.3) is 0 Å². The summed E-state index contributed by atoms with van der Waals surface area (Å²) in [6.45, 7) is 0. The number of alkyl halides is 3. The monoisotopic (exact) mass is 259 g/mol. The highest BCUT2D eigenvalue weighted by atomic mass is 19.4. The number of esters is 2. The molecule has 0 radical (unpaired) electrons. The number of halogens is 3. The number of cyclic esters (lactones) is 2. The standard InChI is InChI=1S/C11H8F3NO3/c12-11(13,14)8-1-2-15-5-7(8)6-3-9(16)18-10(17)4-6/h1-2,5-6H,3-4H2. The second-order valence-corrected chi connectivity index (χ2v) is 3.91. The van der Waals surface area contributed by atoms with Gasteiger partial charge >= 0.3 is 18.1 Å². The number of hydrogen-bond donors (Lipinski definition) is 0. The fourth-order valence-corrected chi connectivity index (χ4v) is 1.89. The fraction of sp³-hybridized carbons (Fsp3) is 0.364. The van der Waals surface area contributed by atoms with Crippen LogP contribution in [0.25, 0.3) is 0 Å². The van der Waals surface area contributed by atoms with Crippen LogP contribution in [0.2, 0.25) is 0 Å². The SMILES string of the molecule is O=C1CC(c2cnccc2C(F)(F)F)CC(=O)O1. The Kier molecular flexibility index (Phi) is 3.06. The molecule has 1 saturated heterocycles. The molecule has 0 aliphatic carbocycles. The Morgan fingerprint density at radius 2 is 1.83 bits per heavy atom. The van der Waals surface area contributed by atoms with E-state index >= 15 is 0 Å². The summed E-state index contributed by atoms with van der Waals surface area (Å²) in [4.78, 5) is 25.8. The van der Waals surface area contributed by atoms with Gasteiger partial charge in [-0.1, -0.05) is 0 Å². The average Bonchev–Trinajstić information content (AvgIpc) is 2.26. The Hall–Kier alpha value is -1.92. The summed E-state index contributed by atoms with van der Waals surface area (Å²) in [7, 11) is 0. The van der Waals surface area contributed by atoms with E-state index in [9.17, 15) is 22.8 Å². The van der Waals surface area contributed by atoms with Gasteiger partial charge in [0.05, 0.1) is 18.4 Å². The molecule has 2 heterocycles. The van der Waals surface area contributed by atoms with Crippen molar-refractivity contribution >= 4 is 11.9 Å². The molecule has 18 heavy (non-hydrogen) atoms. The van der Waals surface area contributed by atoms with E-state index in [0.29, 0.717) is 0 Å². The summed E-state index contributed by atoms with van der Waals surface area (Å²) in [6, 6.07) is 0.833. The number of carbonyl (C=O) groups is 2. The molecule has 0 saturated carbocycles. The molecule has 0 aromatic carbocycles. The first kappa shape index (κ1) is 12.5. The topological polar surface area (TPSA) is 56.3 Å². The molecule has 0 spiro atoms. The third-order valence-electron chi connectivity index (χ3n) is 2.65. The molecule has 2 rings (SSSR count). The maximum atomic E-state index is 12.8. The highest BCUT2D eigenvalue weighted by molar-refractivity contribution is 5.89. The number of aromatic nitrogens is 1. The van der Waals surface area contributed by atoms with Crippen LogP contribution in [-0.2, 0) is 20.5 Å². The molecule has 0 atom stereocenters. The van der Waals surface area contributed by atoms with Crippen LogP contribution in [0.1, 0.15) is 29.9 Å². The van der Waals surface area contributed by atoms with Crippen LogP contribution in [0.3, 0.4) is 0 Å². The van der Waals surface area contributed by atoms with Gasteiger partial charge in [-0.05, 0) is 11.6 Å². The van der Waals surface area contributed by atoms with E-state index in [1.807, 2.05) is 0 Å². The molecule has 7 heteroatoms. The van der Waals surface area contributed by atoms with Crippen molar-refractivity contribution in [3.8, 4) is 0 Å². The van der Waals surface area contributed by atoms with Crippen molar-refractivity contribution in [3.05, 3.63) is 29.6 Å². The number of ether oxygens (including phenoxy) is 1. The predicted molar refractivity (Wildman–Crippen MR) is 52.3 cm³/mol. The van der Waals surface area contributed by atoms with E-state index in [0.717, 1.165) is 18.5 Å². The van der Waals surface area contributed by atoms with Crippen LogP contribution in [0.15, 0.2) is 18.5 Å². The molecule has 0 N–H and O–H groups in total. The zero-order valence-electron chi connectivity index (χ0n) is 9.03. The maximum absolute atomic E-state index is 12.8. The van der Waals surface area contributed by atoms with Crippen LogP contribution >= 0.6 is 0 Å². The summed E-state index contributed by atoms with van der Waals surface area (Å²) in [5, 5.41) is 0. The molecule has 4 nitrogen and oxygen atoms in total. The third kappa shape index (κ3) is 2.49. The molecule has 96 valence electrons. The third-order valence-corrected chi connectivity index (χ3v) is 2.65. The average molecular weight is 259 g/mol. The molecular formula is C11H8F3NO3. The second kappa shape index (κ2) is 4.40. The van der Waals surface area contributed by atoms with E-state index in [-0.39, 0.29) is 18.4 Å². The van der Waals surface area contributed by atoms with Crippen molar-refractivity contribution in [2.45, 2.75) is 24.9 Å². The molecule has 0 amide bonds. The lowest BCUT2D eigenvalue weighted by Crippen LogP contribution is -2.26. The minimum atomic E-state index is -4.54. The molecule has 1 aliphatic rings. The summed E-state index contributed by atoms with van der Waals surface area (Å²) in [6.07, 6.45) is -2.97. The number of hydrogen-bond acceptors (Lipinski definition) is 4. The van der Waals surface area contributed by atoms with Crippen LogP contribution in [0.5, 0.6) is 0 Å². The lowest BCUT2D eigenvalue weighted by Gasteiger charge is -2.22. The van der Waals surface area contributed by atoms with Gasteiger partial charge in [0.1, 0.15) is 0 Å². The minimum Gasteiger partial charge on any atom is -0.393 e. The first-order chi connectivity index (χ1) is 8.38. The lowest BCUT2D eigenvalue weighted by molar-refractivity contribution is -0.164. The number of nitrogens with zero attached hydrogens (tertiary/aromatic N) is 1. The van der Waals surface area contributed by atoms with Gasteiger partial charge in [-0.2, -0.15) is 13.2 Å². The quantitative estimate of drug-likeness (QED) is 0.572. The van der Waals surface area contributed by atoms with Crippen LogP contribution < -0.4 is 0 Å². The predicted octanol–water partition coefficient (Wildman–Crippen LogP) is 2.05. The van der Waals surface area contributed by atoms with Gasteiger partial charge in [-0.25, -0.2) is 0 Å². The Morgan fingerprint density at radius 1 is 1.22 bits per heavy atom. The smallest absolute Gasteiger partial charge is 0.393 e. The Labute approximate surface area is 99.8 Å². The van der Waals surface area contributed by atoms with Crippen LogP contribution in [-0.4, -0.2) is 16.9 Å². The van der Waals surface area contributed by atoms with Crippen molar-refractivity contribution in [2.75, 3.05) is 0 Å². The fourth-order valence-electron chi connectivity index (χ4n) is 1.89. The van der Waals surface area contributed by atoms with Crippen molar-refractivity contribution < 1.29 is 27.5 Å². The zero-order valence-corrected chi connectivity index (χ0v) is 9.03. The molecule has 0 unspecified atom stereocenters. The largest absolute Gasteiger partial charge is 0.416 e. The van der Waals surface area contributed by atoms with E-state index in [2.05, 4.69) is 9.72 Å². The molecule has 1 fully saturated rings. The number of rotatable bonds is 1. The van der Waals surface area contributed by atoms with Gasteiger partial charge in [-0.3, -0.25) is 14.6 Å². The van der Waals surface area contributed by atoms with Crippen LogP contribution in [0, 0.1) is 0 Å². The Bertz CT molecular complexity index is 483. The van der Waals surface area contributed by atoms with E-state index in [4.69, 9.17) is 0 Å². The molecule has 1 aromatic rings. The maximum Gasteiger partial charge on any atom is 0.416 e. The molecule has 0 bridgehead atoms. The number of carbonyl (C=O) groups excluding carboxylic acids is 2. The summed E-state index contributed by atoms with van der Waals surface area (Å²) < 4.78 is 42.6. The van der Waals surface area contributed by atoms with Crippen molar-refractivity contribution in [1.82, 2.24) is 4.98 Å². The Morgan fingerprint density at radius 3 is 2.39 bits per heavy atom. The van der Waals surface area contributed by atoms with Crippen molar-refractivity contribution in [3.63, 3.8) is 0 Å². The second-order valence-electron chi connectivity index (χ2n) is 3.91. The summed E-state index contributed by atoms with van der Waals surface area (Å²) in [5.41, 5.74) is -1.01. The van der Waals surface area contributed by atoms with E-state index in [1.165, 1.54) is 0 Å². The first-order valence-corrected chi connectivity index (χ1v) is 5.12. The molecule has 1 aromatic heterocycles. The summed E-state index contributed by atoms with van der Waals surface area (Å²) in [5.74, 6) is -2.45. The van der Waals surface area contributed by atoms with Gasteiger partial charge in [0.15, 0.2) is 0 Å². The first-order valence-electron chi connectivity index (χ1n) is 5.12. The van der Waals surface area contributed by atoms with E-state index in [1.54, 1.807) is 0 Å². The minimum absolute atomic E-state index is 0.144. The number of pyridine rings is 1. The Balaban J connectivity index is 2.39. The molecule has 1 aliphatic heterocycles.